The molecule has 0 fully saturated rings. The number of sulfonamides is 1. The van der Waals surface area contributed by atoms with Crippen LogP contribution in [0.15, 0.2) is 22.4 Å². The van der Waals surface area contributed by atoms with Crippen LogP contribution in [0.1, 0.15) is 11.3 Å². The van der Waals surface area contributed by atoms with Crippen molar-refractivity contribution in [3.63, 3.8) is 0 Å². The van der Waals surface area contributed by atoms with Gasteiger partial charge in [-0.1, -0.05) is 11.3 Å². The Balaban J connectivity index is 2.38. The number of anilines is 2. The van der Waals surface area contributed by atoms with Gasteiger partial charge in [0.15, 0.2) is 5.00 Å². The van der Waals surface area contributed by atoms with E-state index in [0.29, 0.717) is 17.0 Å². The van der Waals surface area contributed by atoms with Crippen molar-refractivity contribution in [2.45, 2.75) is 18.1 Å². The molecule has 3 N–H and O–H groups in total. The Hall–Kier alpha value is -2.20. The molecule has 2 aromatic rings. The standard InChI is InChI=1S/C11H12N4O4S2/c1-6-3-7(2)13-9(4-6)14-21(18,19)10-5-8(15(16)17)11(12)20-10/h3-5H,12H2,1-2H3,(H,13,14). The van der Waals surface area contributed by atoms with Crippen LogP contribution in [0.25, 0.3) is 0 Å². The number of thiophene rings is 1. The minimum atomic E-state index is -3.96. The number of hydrogen-bond donors (Lipinski definition) is 2. The zero-order valence-corrected chi connectivity index (χ0v) is 12.8. The summed E-state index contributed by atoms with van der Waals surface area (Å²) in [5, 5.41) is 10.6. The van der Waals surface area contributed by atoms with E-state index < -0.39 is 20.6 Å². The molecule has 112 valence electrons. The second-order valence-corrected chi connectivity index (χ2v) is 7.34. The van der Waals surface area contributed by atoms with Gasteiger partial charge in [-0.05, 0) is 31.5 Å². The molecule has 0 spiro atoms. The summed E-state index contributed by atoms with van der Waals surface area (Å²) in [6, 6.07) is 4.30. The number of aryl methyl sites for hydroxylation is 2. The molecule has 8 nitrogen and oxygen atoms in total. The summed E-state index contributed by atoms with van der Waals surface area (Å²) in [5.74, 6) is 0.155. The van der Waals surface area contributed by atoms with Gasteiger partial charge in [-0.3, -0.25) is 14.8 Å². The van der Waals surface area contributed by atoms with Crippen molar-refractivity contribution < 1.29 is 13.3 Å². The highest BCUT2D eigenvalue weighted by molar-refractivity contribution is 7.94. The fraction of sp³-hybridized carbons (Fsp3) is 0.182. The van der Waals surface area contributed by atoms with Crippen LogP contribution in [-0.4, -0.2) is 18.3 Å². The highest BCUT2D eigenvalue weighted by Gasteiger charge is 2.25. The highest BCUT2D eigenvalue weighted by Crippen LogP contribution is 2.35. The third-order valence-electron chi connectivity index (χ3n) is 2.52. The van der Waals surface area contributed by atoms with E-state index in [4.69, 9.17) is 5.73 Å². The maximum atomic E-state index is 12.2. The van der Waals surface area contributed by atoms with Crippen LogP contribution < -0.4 is 10.5 Å². The van der Waals surface area contributed by atoms with Crippen LogP contribution in [0.5, 0.6) is 0 Å². The SMILES string of the molecule is Cc1cc(C)nc(NS(=O)(=O)c2cc([N+](=O)[O-])c(N)s2)c1. The number of hydrogen-bond acceptors (Lipinski definition) is 7. The summed E-state index contributed by atoms with van der Waals surface area (Å²) in [7, 11) is -3.96. The summed E-state index contributed by atoms with van der Waals surface area (Å²) >= 11 is 0.635. The number of nitrogens with two attached hydrogens (primary N) is 1. The van der Waals surface area contributed by atoms with Gasteiger partial charge in [-0.25, -0.2) is 13.4 Å². The molecule has 0 aliphatic carbocycles. The number of pyridine rings is 1. The predicted molar refractivity (Wildman–Crippen MR) is 79.9 cm³/mol. The van der Waals surface area contributed by atoms with Crippen molar-refractivity contribution >= 4 is 37.9 Å². The third kappa shape index (κ3) is 3.28. The van der Waals surface area contributed by atoms with Crippen LogP contribution >= 0.6 is 11.3 Å². The molecular formula is C11H12N4O4S2. The smallest absolute Gasteiger partial charge is 0.304 e. The summed E-state index contributed by atoms with van der Waals surface area (Å²) in [6.45, 7) is 3.54. The molecule has 0 radical (unpaired) electrons. The van der Waals surface area contributed by atoms with Crippen molar-refractivity contribution in [1.29, 1.82) is 0 Å². The van der Waals surface area contributed by atoms with Crippen LogP contribution in [0.4, 0.5) is 16.5 Å². The molecule has 2 heterocycles. The zero-order valence-electron chi connectivity index (χ0n) is 11.2. The van der Waals surface area contributed by atoms with Gasteiger partial charge < -0.3 is 5.73 Å². The largest absolute Gasteiger partial charge is 0.385 e. The number of nitrogen functional groups attached to an aromatic ring is 1. The Labute approximate surface area is 124 Å². The van der Waals surface area contributed by atoms with Gasteiger partial charge in [-0.2, -0.15) is 0 Å². The lowest BCUT2D eigenvalue weighted by molar-refractivity contribution is -0.383. The molecule has 0 aliphatic rings. The first-order valence-electron chi connectivity index (χ1n) is 5.71. The van der Waals surface area contributed by atoms with Crippen LogP contribution in [0.3, 0.4) is 0 Å². The summed E-state index contributed by atoms with van der Waals surface area (Å²) in [6.07, 6.45) is 0. The molecule has 0 aliphatic heterocycles. The maximum Gasteiger partial charge on any atom is 0.304 e. The molecule has 21 heavy (non-hydrogen) atoms. The van der Waals surface area contributed by atoms with E-state index in [1.807, 2.05) is 0 Å². The van der Waals surface area contributed by atoms with E-state index in [1.54, 1.807) is 26.0 Å². The van der Waals surface area contributed by atoms with E-state index >= 15 is 0 Å². The molecule has 0 saturated heterocycles. The van der Waals surface area contributed by atoms with E-state index in [0.717, 1.165) is 11.6 Å². The van der Waals surface area contributed by atoms with E-state index in [1.165, 1.54) is 0 Å². The van der Waals surface area contributed by atoms with Gasteiger partial charge in [0.2, 0.25) is 0 Å². The summed E-state index contributed by atoms with van der Waals surface area (Å²) < 4.78 is 26.4. The van der Waals surface area contributed by atoms with Crippen molar-refractivity contribution in [3.05, 3.63) is 39.6 Å². The molecule has 0 amide bonds. The average molecular weight is 328 g/mol. The molecule has 0 unspecified atom stereocenters. The third-order valence-corrected chi connectivity index (χ3v) is 5.30. The topological polar surface area (TPSA) is 128 Å². The quantitative estimate of drug-likeness (QED) is 0.653. The van der Waals surface area contributed by atoms with Crippen LogP contribution in [0, 0.1) is 24.0 Å². The number of nitro groups is 1. The van der Waals surface area contributed by atoms with Crippen molar-refractivity contribution in [1.82, 2.24) is 4.98 Å². The predicted octanol–water partition coefficient (Wildman–Crippen LogP) is 2.05. The molecule has 0 aromatic carbocycles. The maximum absolute atomic E-state index is 12.2. The normalized spacial score (nSPS) is 11.3. The van der Waals surface area contributed by atoms with Gasteiger partial charge in [-0.15, -0.1) is 0 Å². The molecule has 2 aromatic heterocycles. The first kappa shape index (κ1) is 15.2. The number of aromatic nitrogens is 1. The molecule has 0 bridgehead atoms. The van der Waals surface area contributed by atoms with Gasteiger partial charge >= 0.3 is 5.69 Å². The Morgan fingerprint density at radius 3 is 2.52 bits per heavy atom. The first-order chi connectivity index (χ1) is 9.69. The van der Waals surface area contributed by atoms with Crippen molar-refractivity contribution in [2.75, 3.05) is 10.5 Å². The second-order valence-electron chi connectivity index (χ2n) is 4.35. The second kappa shape index (κ2) is 5.30. The van der Waals surface area contributed by atoms with Gasteiger partial charge in [0.25, 0.3) is 10.0 Å². The van der Waals surface area contributed by atoms with Crippen LogP contribution in [-0.2, 0) is 10.0 Å². The average Bonchev–Trinajstić information content (AvgIpc) is 2.70. The molecule has 2 rings (SSSR count). The lowest BCUT2D eigenvalue weighted by Gasteiger charge is -2.06. The molecule has 10 heteroatoms. The summed E-state index contributed by atoms with van der Waals surface area (Å²) in [4.78, 5) is 14.1. The van der Waals surface area contributed by atoms with Gasteiger partial charge in [0.05, 0.1) is 4.92 Å². The van der Waals surface area contributed by atoms with Gasteiger partial charge in [0.1, 0.15) is 10.0 Å². The van der Waals surface area contributed by atoms with Crippen LogP contribution in [0.2, 0.25) is 0 Å². The lowest BCUT2D eigenvalue weighted by Crippen LogP contribution is -2.13. The Kier molecular flexibility index (Phi) is 3.83. The highest BCUT2D eigenvalue weighted by atomic mass is 32.2. The lowest BCUT2D eigenvalue weighted by atomic mass is 10.2. The Morgan fingerprint density at radius 2 is 2.00 bits per heavy atom. The summed E-state index contributed by atoms with van der Waals surface area (Å²) in [5.41, 5.74) is 6.53. The molecule has 0 atom stereocenters. The fourth-order valence-electron chi connectivity index (χ4n) is 1.73. The monoisotopic (exact) mass is 328 g/mol. The number of rotatable bonds is 4. The Bertz CT molecular complexity index is 793. The fourth-order valence-corrected chi connectivity index (χ4v) is 3.94. The number of nitrogens with one attached hydrogen (secondary N) is 1. The minimum absolute atomic E-state index is 0.155. The van der Waals surface area contributed by atoms with Gasteiger partial charge in [0, 0.05) is 11.8 Å². The Morgan fingerprint density at radius 1 is 1.33 bits per heavy atom. The van der Waals surface area contributed by atoms with E-state index in [2.05, 4.69) is 9.71 Å². The van der Waals surface area contributed by atoms with E-state index in [9.17, 15) is 18.5 Å². The van der Waals surface area contributed by atoms with E-state index in [-0.39, 0.29) is 15.0 Å². The number of nitrogens with zero attached hydrogens (tertiary/aromatic N) is 2. The molecule has 0 saturated carbocycles. The minimum Gasteiger partial charge on any atom is -0.385 e. The zero-order chi connectivity index (χ0) is 15.8. The molecular weight excluding hydrogens is 316 g/mol. The first-order valence-corrected chi connectivity index (χ1v) is 8.01. The van der Waals surface area contributed by atoms with Crippen molar-refractivity contribution in [2.24, 2.45) is 0 Å². The van der Waals surface area contributed by atoms with Crippen molar-refractivity contribution in [3.8, 4) is 0 Å².